The molecular formula is C19H15N3O4. The van der Waals surface area contributed by atoms with E-state index in [1.165, 1.54) is 0 Å². The summed E-state index contributed by atoms with van der Waals surface area (Å²) in [5.74, 6) is 0.325. The van der Waals surface area contributed by atoms with Gasteiger partial charge in [-0.3, -0.25) is 0 Å². The Bertz CT molecular complexity index is 931. The fourth-order valence-electron chi connectivity index (χ4n) is 2.17. The van der Waals surface area contributed by atoms with Crippen LogP contribution in [-0.2, 0) is 16.1 Å². The topological polar surface area (TPSA) is 98.2 Å². The monoisotopic (exact) mass is 349 g/mol. The SMILES string of the molecule is CC(Oc1ccccc1C#N)C(=O)OCc1nc(-c2ccccc2)no1. The third-order valence-electron chi connectivity index (χ3n) is 3.48. The molecule has 130 valence electrons. The Morgan fingerprint density at radius 1 is 1.19 bits per heavy atom. The normalized spacial score (nSPS) is 11.4. The van der Waals surface area contributed by atoms with Gasteiger partial charge in [0.1, 0.15) is 11.8 Å². The van der Waals surface area contributed by atoms with Crippen molar-refractivity contribution in [2.45, 2.75) is 19.6 Å². The number of aromatic nitrogens is 2. The molecule has 1 unspecified atom stereocenters. The zero-order valence-corrected chi connectivity index (χ0v) is 14.0. The molecule has 2 aromatic carbocycles. The number of carbonyl (C=O) groups is 1. The molecule has 0 saturated heterocycles. The summed E-state index contributed by atoms with van der Waals surface area (Å²) >= 11 is 0. The van der Waals surface area contributed by atoms with Gasteiger partial charge in [0.15, 0.2) is 12.7 Å². The van der Waals surface area contributed by atoms with Gasteiger partial charge < -0.3 is 14.0 Å². The molecule has 3 rings (SSSR count). The molecule has 0 N–H and O–H groups in total. The van der Waals surface area contributed by atoms with E-state index in [1.807, 2.05) is 36.4 Å². The lowest BCUT2D eigenvalue weighted by atomic mass is 10.2. The second kappa shape index (κ2) is 7.94. The van der Waals surface area contributed by atoms with Gasteiger partial charge in [0.25, 0.3) is 5.89 Å². The molecule has 1 atom stereocenters. The van der Waals surface area contributed by atoms with Gasteiger partial charge in [-0.25, -0.2) is 4.79 Å². The van der Waals surface area contributed by atoms with Gasteiger partial charge in [-0.1, -0.05) is 47.6 Å². The highest BCUT2D eigenvalue weighted by Gasteiger charge is 2.19. The second-order valence-corrected chi connectivity index (χ2v) is 5.35. The molecule has 3 aromatic rings. The average molecular weight is 349 g/mol. The summed E-state index contributed by atoms with van der Waals surface area (Å²) in [4.78, 5) is 16.3. The Hall–Kier alpha value is -3.66. The van der Waals surface area contributed by atoms with Crippen LogP contribution in [0.5, 0.6) is 5.75 Å². The van der Waals surface area contributed by atoms with Crippen LogP contribution in [0.1, 0.15) is 18.4 Å². The highest BCUT2D eigenvalue weighted by Crippen LogP contribution is 2.19. The van der Waals surface area contributed by atoms with Crippen LogP contribution in [-0.4, -0.2) is 22.2 Å². The molecule has 7 heteroatoms. The molecule has 0 aliphatic heterocycles. The number of nitrogens with zero attached hydrogens (tertiary/aromatic N) is 3. The number of hydrogen-bond donors (Lipinski definition) is 0. The number of nitriles is 1. The minimum absolute atomic E-state index is 0.160. The number of esters is 1. The van der Waals surface area contributed by atoms with E-state index in [9.17, 15) is 4.79 Å². The molecule has 7 nitrogen and oxygen atoms in total. The molecule has 0 aliphatic carbocycles. The molecule has 0 saturated carbocycles. The van der Waals surface area contributed by atoms with Crippen LogP contribution in [0.15, 0.2) is 59.1 Å². The highest BCUT2D eigenvalue weighted by molar-refractivity contribution is 5.74. The van der Waals surface area contributed by atoms with E-state index >= 15 is 0 Å². The smallest absolute Gasteiger partial charge is 0.347 e. The zero-order chi connectivity index (χ0) is 18.4. The number of rotatable bonds is 6. The Morgan fingerprint density at radius 2 is 1.92 bits per heavy atom. The van der Waals surface area contributed by atoms with Gasteiger partial charge >= 0.3 is 5.97 Å². The Morgan fingerprint density at radius 3 is 2.69 bits per heavy atom. The maximum Gasteiger partial charge on any atom is 0.347 e. The summed E-state index contributed by atoms with van der Waals surface area (Å²) in [6, 6.07) is 18.0. The van der Waals surface area contributed by atoms with Crippen molar-refractivity contribution >= 4 is 5.97 Å². The van der Waals surface area contributed by atoms with E-state index in [4.69, 9.17) is 19.3 Å². The van der Waals surface area contributed by atoms with E-state index in [2.05, 4.69) is 10.1 Å². The number of ether oxygens (including phenoxy) is 2. The van der Waals surface area contributed by atoms with Gasteiger partial charge in [0, 0.05) is 5.56 Å². The maximum absolute atomic E-state index is 12.1. The van der Waals surface area contributed by atoms with Crippen molar-refractivity contribution in [1.82, 2.24) is 10.1 Å². The summed E-state index contributed by atoms with van der Waals surface area (Å²) in [6.45, 7) is 1.38. The van der Waals surface area contributed by atoms with Crippen LogP contribution >= 0.6 is 0 Å². The van der Waals surface area contributed by atoms with Crippen molar-refractivity contribution < 1.29 is 18.8 Å². The first-order valence-corrected chi connectivity index (χ1v) is 7.88. The number of hydrogen-bond acceptors (Lipinski definition) is 7. The maximum atomic E-state index is 12.1. The lowest BCUT2D eigenvalue weighted by molar-refractivity contribution is -0.153. The van der Waals surface area contributed by atoms with Crippen molar-refractivity contribution in [3.63, 3.8) is 0 Å². The molecule has 1 aromatic heterocycles. The molecule has 0 radical (unpaired) electrons. The lowest BCUT2D eigenvalue weighted by Gasteiger charge is -2.14. The van der Waals surface area contributed by atoms with Crippen LogP contribution in [0.3, 0.4) is 0 Å². The quantitative estimate of drug-likeness (QED) is 0.630. The van der Waals surface area contributed by atoms with Crippen LogP contribution in [0.4, 0.5) is 0 Å². The third-order valence-corrected chi connectivity index (χ3v) is 3.48. The van der Waals surface area contributed by atoms with Crippen LogP contribution in [0.2, 0.25) is 0 Å². The minimum atomic E-state index is -0.888. The van der Waals surface area contributed by atoms with Gasteiger partial charge in [-0.05, 0) is 19.1 Å². The fourth-order valence-corrected chi connectivity index (χ4v) is 2.17. The predicted octanol–water partition coefficient (Wildman–Crippen LogP) is 3.12. The molecular weight excluding hydrogens is 334 g/mol. The highest BCUT2D eigenvalue weighted by atomic mass is 16.6. The molecule has 1 heterocycles. The minimum Gasteiger partial charge on any atom is -0.478 e. The van der Waals surface area contributed by atoms with E-state index in [1.54, 1.807) is 31.2 Å². The summed E-state index contributed by atoms with van der Waals surface area (Å²) < 4.78 is 15.7. The largest absolute Gasteiger partial charge is 0.478 e. The average Bonchev–Trinajstić information content (AvgIpc) is 3.16. The second-order valence-electron chi connectivity index (χ2n) is 5.35. The zero-order valence-electron chi connectivity index (χ0n) is 14.0. The summed E-state index contributed by atoms with van der Waals surface area (Å²) in [7, 11) is 0. The Labute approximate surface area is 149 Å². The summed E-state index contributed by atoms with van der Waals surface area (Å²) in [6.07, 6.45) is -0.888. The molecule has 26 heavy (non-hydrogen) atoms. The van der Waals surface area contributed by atoms with Crippen molar-refractivity contribution in [3.8, 4) is 23.2 Å². The number of benzene rings is 2. The summed E-state index contributed by atoms with van der Waals surface area (Å²) in [5.41, 5.74) is 1.15. The molecule has 0 spiro atoms. The van der Waals surface area contributed by atoms with E-state index < -0.39 is 12.1 Å². The van der Waals surface area contributed by atoms with Crippen molar-refractivity contribution in [1.29, 1.82) is 5.26 Å². The Balaban J connectivity index is 1.57. The first-order chi connectivity index (χ1) is 12.7. The number of carbonyl (C=O) groups excluding carboxylic acids is 1. The number of para-hydroxylation sites is 1. The predicted molar refractivity (Wildman–Crippen MR) is 90.8 cm³/mol. The Kier molecular flexibility index (Phi) is 5.25. The van der Waals surface area contributed by atoms with Crippen molar-refractivity contribution in [3.05, 3.63) is 66.1 Å². The fraction of sp³-hybridized carbons (Fsp3) is 0.158. The van der Waals surface area contributed by atoms with Crippen molar-refractivity contribution in [2.24, 2.45) is 0 Å². The van der Waals surface area contributed by atoms with Crippen molar-refractivity contribution in [2.75, 3.05) is 0 Å². The van der Waals surface area contributed by atoms with E-state index in [0.717, 1.165) is 5.56 Å². The van der Waals surface area contributed by atoms with Gasteiger partial charge in [0.05, 0.1) is 5.56 Å². The van der Waals surface area contributed by atoms with E-state index in [0.29, 0.717) is 17.1 Å². The van der Waals surface area contributed by atoms with Gasteiger partial charge in [0.2, 0.25) is 5.82 Å². The lowest BCUT2D eigenvalue weighted by Crippen LogP contribution is -2.26. The first-order valence-electron chi connectivity index (χ1n) is 7.88. The molecule has 0 fully saturated rings. The molecule has 0 amide bonds. The summed E-state index contributed by atoms with van der Waals surface area (Å²) in [5, 5.41) is 12.9. The standard InChI is InChI=1S/C19H15N3O4/c1-13(25-16-10-6-5-9-15(16)11-20)19(23)24-12-17-21-18(22-26-17)14-7-3-2-4-8-14/h2-10,13H,12H2,1H3. The van der Waals surface area contributed by atoms with Gasteiger partial charge in [-0.15, -0.1) is 0 Å². The van der Waals surface area contributed by atoms with Crippen LogP contribution in [0, 0.1) is 11.3 Å². The molecule has 0 aliphatic rings. The van der Waals surface area contributed by atoms with E-state index in [-0.39, 0.29) is 12.5 Å². The van der Waals surface area contributed by atoms with Crippen LogP contribution in [0.25, 0.3) is 11.4 Å². The van der Waals surface area contributed by atoms with Crippen LogP contribution < -0.4 is 4.74 Å². The van der Waals surface area contributed by atoms with Gasteiger partial charge in [-0.2, -0.15) is 10.2 Å². The molecule has 0 bridgehead atoms. The first kappa shape index (κ1) is 17.2. The third kappa shape index (κ3) is 4.05.